The molecule has 2 atom stereocenters. The summed E-state index contributed by atoms with van der Waals surface area (Å²) in [5.74, 6) is 3.19. The van der Waals surface area contributed by atoms with Crippen molar-refractivity contribution in [3.63, 3.8) is 0 Å². The van der Waals surface area contributed by atoms with Gasteiger partial charge in [-0.15, -0.1) is 0 Å². The monoisotopic (exact) mass is 603 g/mol. The summed E-state index contributed by atoms with van der Waals surface area (Å²) < 4.78 is 6.44. The number of rotatable bonds is 10. The second kappa shape index (κ2) is 12.9. The minimum absolute atomic E-state index is 0.0247. The minimum atomic E-state index is -0.0247. The van der Waals surface area contributed by atoms with Crippen LogP contribution in [0.15, 0.2) is 66.4 Å². The molecule has 2 aliphatic carbocycles. The van der Waals surface area contributed by atoms with Gasteiger partial charge in [0.1, 0.15) is 17.3 Å². The Morgan fingerprint density at radius 2 is 1.82 bits per heavy atom. The normalized spacial score (nSPS) is 20.6. The number of nitrogens with zero attached hydrogens (tertiary/aromatic N) is 3. The molecule has 3 aromatic rings. The molecule has 1 saturated carbocycles. The lowest BCUT2D eigenvalue weighted by atomic mass is 9.97. The summed E-state index contributed by atoms with van der Waals surface area (Å²) in [4.78, 5) is 37.0. The van der Waals surface area contributed by atoms with Gasteiger partial charge in [-0.05, 0) is 97.6 Å². The predicted molar refractivity (Wildman–Crippen MR) is 176 cm³/mol. The fraction of sp³-hybridized carbons (Fsp3) is 0.405. The average Bonchev–Trinajstić information content (AvgIpc) is 3.83. The maximum atomic E-state index is 12.7. The SMILES string of the molecule is CC(C)C(=N)/C=C\C(=N)c1ccc(Oc2cc3nc(C4CCC(C5CC5)=CC(=O)C4)ncc3cc2CN2C[C@@H](C)CC2=O)cc1. The van der Waals surface area contributed by atoms with Crippen LogP contribution in [-0.4, -0.2) is 44.5 Å². The number of carbonyl (C=O) groups is 2. The molecule has 1 aromatic heterocycles. The molecule has 3 aliphatic rings. The van der Waals surface area contributed by atoms with Gasteiger partial charge in [0.25, 0.3) is 0 Å². The van der Waals surface area contributed by atoms with Crippen LogP contribution in [-0.2, 0) is 16.1 Å². The number of carbonyl (C=O) groups excluding carboxylic acids is 2. The van der Waals surface area contributed by atoms with Gasteiger partial charge in [0.15, 0.2) is 5.78 Å². The Hall–Kier alpha value is -4.46. The third kappa shape index (κ3) is 7.27. The third-order valence-corrected chi connectivity index (χ3v) is 9.04. The van der Waals surface area contributed by atoms with Crippen molar-refractivity contribution in [2.75, 3.05) is 6.54 Å². The van der Waals surface area contributed by atoms with E-state index in [9.17, 15) is 9.59 Å². The first kappa shape index (κ1) is 30.6. The number of likely N-dealkylation sites (tertiary alicyclic amines) is 1. The molecule has 1 aliphatic heterocycles. The number of hydrogen-bond acceptors (Lipinski definition) is 7. The number of nitrogens with one attached hydrogen (secondary N) is 2. The molecule has 6 rings (SSSR count). The van der Waals surface area contributed by atoms with Crippen LogP contribution in [0.4, 0.5) is 0 Å². The predicted octanol–water partition coefficient (Wildman–Crippen LogP) is 7.56. The van der Waals surface area contributed by atoms with E-state index in [1.807, 2.05) is 67.4 Å². The summed E-state index contributed by atoms with van der Waals surface area (Å²) in [5, 5.41) is 17.3. The Morgan fingerprint density at radius 3 is 2.51 bits per heavy atom. The smallest absolute Gasteiger partial charge is 0.223 e. The van der Waals surface area contributed by atoms with Crippen molar-refractivity contribution in [1.82, 2.24) is 14.9 Å². The van der Waals surface area contributed by atoms with Crippen molar-refractivity contribution < 1.29 is 14.3 Å². The van der Waals surface area contributed by atoms with Crippen LogP contribution in [0.1, 0.15) is 82.2 Å². The van der Waals surface area contributed by atoms with E-state index in [1.54, 1.807) is 12.2 Å². The average molecular weight is 604 g/mol. The Bertz CT molecular complexity index is 1720. The quantitative estimate of drug-likeness (QED) is 0.232. The largest absolute Gasteiger partial charge is 0.457 e. The fourth-order valence-corrected chi connectivity index (χ4v) is 6.18. The maximum Gasteiger partial charge on any atom is 0.223 e. The number of aromatic nitrogens is 2. The van der Waals surface area contributed by atoms with E-state index in [0.29, 0.717) is 66.5 Å². The van der Waals surface area contributed by atoms with Gasteiger partial charge in [-0.3, -0.25) is 9.59 Å². The highest BCUT2D eigenvalue weighted by Gasteiger charge is 2.31. The lowest BCUT2D eigenvalue weighted by Crippen LogP contribution is -2.24. The third-order valence-electron chi connectivity index (χ3n) is 9.04. The first-order valence-electron chi connectivity index (χ1n) is 16.1. The molecular formula is C37H41N5O3. The Kier molecular flexibility index (Phi) is 8.74. The van der Waals surface area contributed by atoms with Gasteiger partial charge in [0.05, 0.1) is 11.2 Å². The zero-order chi connectivity index (χ0) is 31.7. The topological polar surface area (TPSA) is 120 Å². The molecule has 1 saturated heterocycles. The van der Waals surface area contributed by atoms with Gasteiger partial charge in [0.2, 0.25) is 5.91 Å². The summed E-state index contributed by atoms with van der Waals surface area (Å²) in [7, 11) is 0. The first-order valence-corrected chi connectivity index (χ1v) is 16.1. The molecule has 0 spiro atoms. The Morgan fingerprint density at radius 1 is 1.04 bits per heavy atom. The molecule has 2 N–H and O–H groups in total. The van der Waals surface area contributed by atoms with Gasteiger partial charge < -0.3 is 20.5 Å². The molecular weight excluding hydrogens is 562 g/mol. The molecule has 2 heterocycles. The van der Waals surface area contributed by atoms with Crippen LogP contribution in [0.25, 0.3) is 10.9 Å². The maximum absolute atomic E-state index is 12.7. The van der Waals surface area contributed by atoms with E-state index in [0.717, 1.165) is 34.9 Å². The number of amides is 1. The zero-order valence-electron chi connectivity index (χ0n) is 26.3. The number of benzene rings is 2. The van der Waals surface area contributed by atoms with Gasteiger partial charge >= 0.3 is 0 Å². The van der Waals surface area contributed by atoms with Gasteiger partial charge in [-0.1, -0.05) is 26.3 Å². The lowest BCUT2D eigenvalue weighted by molar-refractivity contribution is -0.128. The fourth-order valence-electron chi connectivity index (χ4n) is 6.18. The van der Waals surface area contributed by atoms with E-state index in [1.165, 1.54) is 18.4 Å². The minimum Gasteiger partial charge on any atom is -0.457 e. The summed E-state index contributed by atoms with van der Waals surface area (Å²) in [6.07, 6.45) is 12.2. The Balaban J connectivity index is 1.27. The number of allylic oxidation sites excluding steroid dienone is 4. The van der Waals surface area contributed by atoms with Gasteiger partial charge in [-0.2, -0.15) is 0 Å². The zero-order valence-corrected chi connectivity index (χ0v) is 26.3. The molecule has 8 nitrogen and oxygen atoms in total. The summed E-state index contributed by atoms with van der Waals surface area (Å²) in [6.45, 7) is 7.13. The summed E-state index contributed by atoms with van der Waals surface area (Å²) >= 11 is 0. The lowest BCUT2D eigenvalue weighted by Gasteiger charge is -2.20. The highest BCUT2D eigenvalue weighted by molar-refractivity contribution is 6.10. The molecule has 2 aromatic carbocycles. The molecule has 2 fully saturated rings. The van der Waals surface area contributed by atoms with Crippen LogP contribution >= 0.6 is 0 Å². The highest BCUT2D eigenvalue weighted by Crippen LogP contribution is 2.42. The molecule has 0 bridgehead atoms. The van der Waals surface area contributed by atoms with E-state index in [-0.39, 0.29) is 23.5 Å². The molecule has 0 radical (unpaired) electrons. The molecule has 45 heavy (non-hydrogen) atoms. The molecule has 8 heteroatoms. The van der Waals surface area contributed by atoms with Crippen LogP contribution in [0, 0.1) is 28.6 Å². The van der Waals surface area contributed by atoms with Crippen molar-refractivity contribution in [3.05, 3.63) is 83.3 Å². The summed E-state index contributed by atoms with van der Waals surface area (Å²) in [6, 6.07) is 11.3. The van der Waals surface area contributed by atoms with Crippen LogP contribution in [0.5, 0.6) is 11.5 Å². The van der Waals surface area contributed by atoms with Crippen LogP contribution in [0.3, 0.4) is 0 Å². The van der Waals surface area contributed by atoms with E-state index in [4.69, 9.17) is 25.5 Å². The number of ketones is 1. The van der Waals surface area contributed by atoms with Crippen molar-refractivity contribution >= 4 is 34.0 Å². The van der Waals surface area contributed by atoms with Gasteiger partial charge in [0, 0.05) is 60.8 Å². The molecule has 1 unspecified atom stereocenters. The second-order valence-corrected chi connectivity index (χ2v) is 13.2. The number of ether oxygens (including phenoxy) is 1. The van der Waals surface area contributed by atoms with Crippen molar-refractivity contribution in [3.8, 4) is 11.5 Å². The van der Waals surface area contributed by atoms with E-state index >= 15 is 0 Å². The standard InChI is InChI=1S/C37H41N5O3/c1-22(2)32(38)12-13-33(39)25-8-10-31(11-9-25)45-35-18-34-28(15-29(35)21-42-20-23(3)14-36(42)44)19-40-37(41-34)27-7-6-26(24-4-5-24)16-30(43)17-27/h8-13,15-16,18-19,22-24,27,38-39H,4-7,14,17,20-21H2,1-3H3/b13-12-,38-32?,39-33?/t23-,27?/m0/s1. The second-order valence-electron chi connectivity index (χ2n) is 13.2. The van der Waals surface area contributed by atoms with E-state index in [2.05, 4.69) is 6.92 Å². The Labute approximate surface area is 264 Å². The molecule has 1 amide bonds. The molecule has 232 valence electrons. The number of hydrogen-bond donors (Lipinski definition) is 2. The highest BCUT2D eigenvalue weighted by atomic mass is 16.5. The van der Waals surface area contributed by atoms with Crippen molar-refractivity contribution in [2.45, 2.75) is 71.8 Å². The van der Waals surface area contributed by atoms with Crippen LogP contribution in [0.2, 0.25) is 0 Å². The van der Waals surface area contributed by atoms with Crippen molar-refractivity contribution in [1.29, 1.82) is 10.8 Å². The first-order chi connectivity index (χ1) is 21.6. The van der Waals surface area contributed by atoms with E-state index < -0.39 is 0 Å². The van der Waals surface area contributed by atoms with Crippen molar-refractivity contribution in [2.24, 2.45) is 17.8 Å². The van der Waals surface area contributed by atoms with Crippen LogP contribution < -0.4 is 4.74 Å². The van der Waals surface area contributed by atoms with Gasteiger partial charge in [-0.25, -0.2) is 9.97 Å². The summed E-state index contributed by atoms with van der Waals surface area (Å²) in [5.41, 5.74) is 4.42. The number of fused-ring (bicyclic) bond motifs is 1.